The SMILES string of the molecule is CC(=O)c1noc(-c2cc(C(C)C)c(O)cc2O)c1-c1ccc(CN2CCN(C(=O)N(c3nccc(-c4cccnc4)n3)c3cc(NC(=O)c4ccc(CN5CCN(C)CC5)cc4)ccc3C)CC2)cc1. The van der Waals surface area contributed by atoms with E-state index in [1.165, 1.54) is 17.9 Å². The maximum Gasteiger partial charge on any atom is 0.331 e. The highest BCUT2D eigenvalue weighted by Crippen LogP contribution is 2.43. The monoisotopic (exact) mass is 954 g/mol. The molecule has 0 atom stereocenters. The molecule has 2 fully saturated rings. The Bertz CT molecular complexity index is 3040. The number of amides is 3. The Hall–Kier alpha value is -7.79. The number of ketones is 1. The molecule has 2 aliphatic rings. The van der Waals surface area contributed by atoms with Gasteiger partial charge in [0.1, 0.15) is 11.5 Å². The van der Waals surface area contributed by atoms with Crippen LogP contribution in [0, 0.1) is 6.92 Å². The first-order chi connectivity index (χ1) is 34.3. The van der Waals surface area contributed by atoms with Gasteiger partial charge in [-0.25, -0.2) is 19.7 Å². The number of carbonyl (C=O) groups is 3. The van der Waals surface area contributed by atoms with Gasteiger partial charge < -0.3 is 29.9 Å². The summed E-state index contributed by atoms with van der Waals surface area (Å²) >= 11 is 0. The van der Waals surface area contributed by atoms with Crippen molar-refractivity contribution in [3.8, 4) is 45.2 Å². The number of aryl methyl sites for hydroxylation is 1. The van der Waals surface area contributed by atoms with Crippen LogP contribution in [0.1, 0.15) is 69.8 Å². The summed E-state index contributed by atoms with van der Waals surface area (Å²) in [4.78, 5) is 65.5. The minimum absolute atomic E-state index is 0.0293. The summed E-state index contributed by atoms with van der Waals surface area (Å²) in [5, 5.41) is 28.5. The summed E-state index contributed by atoms with van der Waals surface area (Å²) in [5.41, 5.74) is 8.14. The Labute approximate surface area is 413 Å². The van der Waals surface area contributed by atoms with Crippen LogP contribution in [0.15, 0.2) is 120 Å². The first-order valence-corrected chi connectivity index (χ1v) is 23.9. The molecule has 16 heteroatoms. The third-order valence-electron chi connectivity index (χ3n) is 13.2. The molecular formula is C55H58N10O6. The van der Waals surface area contributed by atoms with Gasteiger partial charge in [-0.3, -0.25) is 24.4 Å². The normalized spacial score (nSPS) is 14.7. The number of benzene rings is 4. The van der Waals surface area contributed by atoms with E-state index >= 15 is 0 Å². The third kappa shape index (κ3) is 10.8. The second kappa shape index (κ2) is 21.1. The molecule has 3 aromatic heterocycles. The first-order valence-electron chi connectivity index (χ1n) is 23.9. The zero-order valence-corrected chi connectivity index (χ0v) is 40.7. The van der Waals surface area contributed by atoms with Crippen LogP contribution >= 0.6 is 0 Å². The van der Waals surface area contributed by atoms with Gasteiger partial charge in [-0.2, -0.15) is 0 Å². The zero-order valence-electron chi connectivity index (χ0n) is 40.7. The molecule has 3 N–H and O–H groups in total. The predicted molar refractivity (Wildman–Crippen MR) is 273 cm³/mol. The van der Waals surface area contributed by atoms with Gasteiger partial charge >= 0.3 is 6.03 Å². The van der Waals surface area contributed by atoms with Crippen molar-refractivity contribution in [2.24, 2.45) is 0 Å². The fourth-order valence-corrected chi connectivity index (χ4v) is 9.08. The van der Waals surface area contributed by atoms with E-state index in [0.717, 1.165) is 55.0 Å². The summed E-state index contributed by atoms with van der Waals surface area (Å²) in [6.07, 6.45) is 5.04. The molecule has 2 aliphatic heterocycles. The zero-order chi connectivity index (χ0) is 49.8. The van der Waals surface area contributed by atoms with Gasteiger partial charge in [0.2, 0.25) is 5.95 Å². The highest BCUT2D eigenvalue weighted by Gasteiger charge is 2.31. The lowest BCUT2D eigenvalue weighted by atomic mass is 9.93. The molecule has 5 heterocycles. The number of likely N-dealkylation sites (N-methyl/N-ethyl adjacent to an activating group) is 1. The van der Waals surface area contributed by atoms with E-state index in [1.54, 1.807) is 41.7 Å². The second-order valence-corrected chi connectivity index (χ2v) is 18.7. The number of carbonyl (C=O) groups excluding carboxylic acids is 3. The van der Waals surface area contributed by atoms with Gasteiger partial charge in [0.25, 0.3) is 5.91 Å². The van der Waals surface area contributed by atoms with Crippen LogP contribution in [0.2, 0.25) is 0 Å². The lowest BCUT2D eigenvalue weighted by Gasteiger charge is -2.37. The second-order valence-electron chi connectivity index (χ2n) is 18.7. The van der Waals surface area contributed by atoms with Gasteiger partial charge in [-0.1, -0.05) is 61.5 Å². The van der Waals surface area contributed by atoms with Gasteiger partial charge in [0.15, 0.2) is 17.2 Å². The van der Waals surface area contributed by atoms with E-state index < -0.39 is 0 Å². The predicted octanol–water partition coefficient (Wildman–Crippen LogP) is 8.98. The quantitative estimate of drug-likeness (QED) is 0.0932. The Morgan fingerprint density at radius 3 is 2.10 bits per heavy atom. The molecule has 3 amide bonds. The topological polar surface area (TPSA) is 185 Å². The van der Waals surface area contributed by atoms with Crippen LogP contribution in [-0.4, -0.2) is 127 Å². The van der Waals surface area contributed by atoms with Crippen molar-refractivity contribution in [1.82, 2.24) is 39.7 Å². The Balaban J connectivity index is 0.916. The number of nitrogens with one attached hydrogen (secondary N) is 1. The Kier molecular flexibility index (Phi) is 14.3. The van der Waals surface area contributed by atoms with Gasteiger partial charge in [0.05, 0.1) is 22.5 Å². The minimum Gasteiger partial charge on any atom is -0.508 e. The Morgan fingerprint density at radius 2 is 1.45 bits per heavy atom. The maximum absolute atomic E-state index is 14.9. The number of urea groups is 1. The van der Waals surface area contributed by atoms with Crippen molar-refractivity contribution in [3.63, 3.8) is 0 Å². The first kappa shape index (κ1) is 48.2. The molecule has 0 radical (unpaired) electrons. The Morgan fingerprint density at radius 1 is 0.775 bits per heavy atom. The highest BCUT2D eigenvalue weighted by molar-refractivity contribution is 6.06. The van der Waals surface area contributed by atoms with Crippen LogP contribution < -0.4 is 10.2 Å². The van der Waals surface area contributed by atoms with Crippen LogP contribution in [0.4, 0.5) is 22.1 Å². The number of hydrogen-bond acceptors (Lipinski definition) is 13. The van der Waals surface area contributed by atoms with Crippen LogP contribution in [-0.2, 0) is 13.1 Å². The number of nitrogens with zero attached hydrogens (tertiary/aromatic N) is 9. The average Bonchev–Trinajstić information content (AvgIpc) is 3.82. The van der Waals surface area contributed by atoms with Crippen LogP contribution in [0.25, 0.3) is 33.7 Å². The molecule has 9 rings (SSSR count). The maximum atomic E-state index is 14.9. The van der Waals surface area contributed by atoms with Crippen molar-refractivity contribution in [2.45, 2.75) is 46.7 Å². The van der Waals surface area contributed by atoms with Crippen molar-refractivity contribution >= 4 is 35.0 Å². The summed E-state index contributed by atoms with van der Waals surface area (Å²) in [6.45, 7) is 14.8. The number of rotatable bonds is 13. The van der Waals surface area contributed by atoms with Crippen molar-refractivity contribution in [2.75, 3.05) is 69.6 Å². The number of piperazine rings is 2. The van der Waals surface area contributed by atoms with Crippen LogP contribution in [0.3, 0.4) is 0 Å². The van der Waals surface area contributed by atoms with Crippen LogP contribution in [0.5, 0.6) is 11.5 Å². The molecule has 0 unspecified atom stereocenters. The molecule has 4 aromatic carbocycles. The molecule has 0 saturated carbocycles. The fraction of sp³-hybridized carbons (Fsp3) is 0.291. The minimum atomic E-state index is -0.300. The summed E-state index contributed by atoms with van der Waals surface area (Å²) in [7, 11) is 2.14. The number of aromatic hydroxyl groups is 2. The van der Waals surface area contributed by atoms with Gasteiger partial charge in [0, 0.05) is 114 Å². The van der Waals surface area contributed by atoms with E-state index in [4.69, 9.17) is 9.51 Å². The smallest absolute Gasteiger partial charge is 0.331 e. The highest BCUT2D eigenvalue weighted by atomic mass is 16.5. The number of phenols is 2. The number of phenolic OH excluding ortho intramolecular Hbond substituents is 2. The summed E-state index contributed by atoms with van der Waals surface area (Å²) < 4.78 is 5.72. The molecule has 0 bridgehead atoms. The average molecular weight is 955 g/mol. The molecule has 0 spiro atoms. The lowest BCUT2D eigenvalue weighted by molar-refractivity contribution is 0.100. The lowest BCUT2D eigenvalue weighted by Crippen LogP contribution is -2.52. The van der Waals surface area contributed by atoms with E-state index in [9.17, 15) is 24.6 Å². The summed E-state index contributed by atoms with van der Waals surface area (Å²) in [6, 6.07) is 29.2. The van der Waals surface area contributed by atoms with E-state index in [1.807, 2.05) is 93.6 Å². The van der Waals surface area contributed by atoms with E-state index in [2.05, 4.69) is 42.2 Å². The number of hydrogen-bond donors (Lipinski definition) is 3. The number of anilines is 3. The largest absolute Gasteiger partial charge is 0.508 e. The summed E-state index contributed by atoms with van der Waals surface area (Å²) in [5.74, 6) is -0.388. The molecule has 2 saturated heterocycles. The van der Waals surface area contributed by atoms with Crippen molar-refractivity contribution in [1.29, 1.82) is 0 Å². The number of Topliss-reactive ketones (excluding diaryl/α,β-unsaturated/α-hetero) is 1. The van der Waals surface area contributed by atoms with Gasteiger partial charge in [-0.15, -0.1) is 0 Å². The molecule has 16 nitrogen and oxygen atoms in total. The molecular weight excluding hydrogens is 897 g/mol. The standard InChI is InChI=1S/C55H58N10O6/c1-35(2)44-30-45(49(68)31-48(44)67)52-50(51(37(4)66)60-71-52)40-13-9-38(10-14-40)34-63-25-27-64(28-26-63)55(70)65(54-57-20-18-46(59-54)42-7-6-19-56-32-42)47-29-43(17-8-36(47)3)58-53(69)41-15-11-39(12-16-41)33-62-23-21-61(5)22-24-62/h6-20,29-32,35,67-68H,21-28,33-34H2,1-5H3,(H,58,69). The van der Waals surface area contributed by atoms with Crippen molar-refractivity contribution < 1.29 is 29.1 Å². The van der Waals surface area contributed by atoms with Crippen molar-refractivity contribution in [3.05, 3.63) is 149 Å². The number of pyridine rings is 1. The molecule has 0 aliphatic carbocycles. The van der Waals surface area contributed by atoms with Gasteiger partial charge in [-0.05, 0) is 96.2 Å². The molecule has 71 heavy (non-hydrogen) atoms. The molecule has 7 aromatic rings. The fourth-order valence-electron chi connectivity index (χ4n) is 9.08. The van der Waals surface area contributed by atoms with E-state index in [-0.39, 0.29) is 52.5 Å². The van der Waals surface area contributed by atoms with E-state index in [0.29, 0.717) is 77.6 Å². The third-order valence-corrected chi connectivity index (χ3v) is 13.2. The molecule has 364 valence electrons. The number of aromatic nitrogens is 4.